The molecule has 1 unspecified atom stereocenters. The van der Waals surface area contributed by atoms with Gasteiger partial charge in [0.15, 0.2) is 0 Å². The molecule has 3 aromatic carbocycles. The summed E-state index contributed by atoms with van der Waals surface area (Å²) < 4.78 is 32.9. The summed E-state index contributed by atoms with van der Waals surface area (Å²) in [4.78, 5) is 29.0. The Balaban J connectivity index is 1.54. The van der Waals surface area contributed by atoms with Gasteiger partial charge in [-0.15, -0.1) is 0 Å². The molecule has 4 rings (SSSR count). The van der Waals surface area contributed by atoms with Gasteiger partial charge in [0, 0.05) is 12.6 Å². The molecule has 1 atom stereocenters. The van der Waals surface area contributed by atoms with Gasteiger partial charge >= 0.3 is 0 Å². The van der Waals surface area contributed by atoms with Gasteiger partial charge in [-0.05, 0) is 61.6 Å². The molecule has 9 heteroatoms. The third-order valence-electron chi connectivity index (χ3n) is 7.86. The first kappa shape index (κ1) is 32.1. The number of nitrogens with zero attached hydrogens (tertiary/aromatic N) is 2. The highest BCUT2D eigenvalue weighted by molar-refractivity contribution is 7.92. The highest BCUT2D eigenvalue weighted by atomic mass is 32.2. The molecule has 1 aliphatic rings. The predicted molar refractivity (Wildman–Crippen MR) is 170 cm³/mol. The van der Waals surface area contributed by atoms with Crippen LogP contribution in [0.15, 0.2) is 78.9 Å². The molecular weight excluding hydrogens is 562 g/mol. The van der Waals surface area contributed by atoms with Gasteiger partial charge in [0.05, 0.1) is 11.9 Å². The van der Waals surface area contributed by atoms with Crippen molar-refractivity contribution in [1.29, 1.82) is 0 Å². The number of carbonyl (C=O) groups is 2. The van der Waals surface area contributed by atoms with Crippen molar-refractivity contribution in [2.24, 2.45) is 0 Å². The van der Waals surface area contributed by atoms with Crippen molar-refractivity contribution >= 4 is 27.5 Å². The zero-order chi connectivity index (χ0) is 30.8. The molecular formula is C34H43N3O5S. The first-order valence-electron chi connectivity index (χ1n) is 15.0. The molecule has 0 spiro atoms. The van der Waals surface area contributed by atoms with Crippen LogP contribution in [-0.2, 0) is 32.8 Å². The van der Waals surface area contributed by atoms with E-state index < -0.39 is 28.5 Å². The number of carbonyl (C=O) groups excluding carboxylic acids is 2. The number of benzene rings is 3. The largest absolute Gasteiger partial charge is 0.489 e. The van der Waals surface area contributed by atoms with Crippen molar-refractivity contribution in [2.45, 2.75) is 77.6 Å². The third-order valence-corrected chi connectivity index (χ3v) is 9.00. The van der Waals surface area contributed by atoms with Gasteiger partial charge in [-0.3, -0.25) is 13.9 Å². The van der Waals surface area contributed by atoms with Gasteiger partial charge in [-0.25, -0.2) is 8.42 Å². The van der Waals surface area contributed by atoms with Crippen molar-refractivity contribution in [2.75, 3.05) is 17.1 Å². The monoisotopic (exact) mass is 605 g/mol. The molecule has 1 fully saturated rings. The lowest BCUT2D eigenvalue weighted by Gasteiger charge is -2.34. The van der Waals surface area contributed by atoms with E-state index in [2.05, 4.69) is 5.32 Å². The minimum absolute atomic E-state index is 0.0989. The minimum atomic E-state index is -3.82. The molecule has 1 N–H and O–H groups in total. The zero-order valence-corrected chi connectivity index (χ0v) is 26.2. The third kappa shape index (κ3) is 9.32. The van der Waals surface area contributed by atoms with Gasteiger partial charge in [0.25, 0.3) is 0 Å². The summed E-state index contributed by atoms with van der Waals surface area (Å²) in [7, 11) is -3.82. The lowest BCUT2D eigenvalue weighted by Crippen LogP contribution is -2.53. The Hall–Kier alpha value is -3.85. The molecule has 0 radical (unpaired) electrons. The van der Waals surface area contributed by atoms with Crippen LogP contribution in [0, 0.1) is 6.92 Å². The van der Waals surface area contributed by atoms with Gasteiger partial charge in [0.2, 0.25) is 21.8 Å². The Kier molecular flexibility index (Phi) is 11.2. The predicted octanol–water partition coefficient (Wildman–Crippen LogP) is 5.60. The summed E-state index contributed by atoms with van der Waals surface area (Å²) in [6.07, 6.45) is 6.67. The smallest absolute Gasteiger partial charge is 0.244 e. The Morgan fingerprint density at radius 1 is 0.907 bits per heavy atom. The molecule has 43 heavy (non-hydrogen) atoms. The fraction of sp³-hybridized carbons (Fsp3) is 0.412. The molecule has 230 valence electrons. The number of hydrogen-bond acceptors (Lipinski definition) is 5. The maximum atomic E-state index is 14.0. The van der Waals surface area contributed by atoms with Crippen LogP contribution in [-0.4, -0.2) is 50.0 Å². The Morgan fingerprint density at radius 3 is 2.16 bits per heavy atom. The molecule has 3 aromatic rings. The van der Waals surface area contributed by atoms with E-state index in [9.17, 15) is 18.0 Å². The number of anilines is 1. The highest BCUT2D eigenvalue weighted by Crippen LogP contribution is 2.24. The van der Waals surface area contributed by atoms with Crippen LogP contribution in [0.25, 0.3) is 0 Å². The Bertz CT molecular complexity index is 1440. The summed E-state index contributed by atoms with van der Waals surface area (Å²) in [6.45, 7) is 4.01. The Labute approximate surface area is 256 Å². The van der Waals surface area contributed by atoms with E-state index in [4.69, 9.17) is 4.74 Å². The highest BCUT2D eigenvalue weighted by Gasteiger charge is 2.32. The van der Waals surface area contributed by atoms with Crippen LogP contribution in [0.3, 0.4) is 0 Å². The number of amides is 2. The quantitative estimate of drug-likeness (QED) is 0.274. The topological polar surface area (TPSA) is 96.0 Å². The molecule has 0 saturated heterocycles. The second-order valence-electron chi connectivity index (χ2n) is 11.3. The molecule has 1 aliphatic carbocycles. The lowest BCUT2D eigenvalue weighted by atomic mass is 9.95. The number of rotatable bonds is 13. The van der Waals surface area contributed by atoms with Crippen molar-refractivity contribution in [3.8, 4) is 5.75 Å². The summed E-state index contributed by atoms with van der Waals surface area (Å²) in [5, 5.41) is 3.17. The van der Waals surface area contributed by atoms with Crippen LogP contribution < -0.4 is 14.4 Å². The molecule has 0 aliphatic heterocycles. The number of hydrogen-bond donors (Lipinski definition) is 1. The summed E-state index contributed by atoms with van der Waals surface area (Å²) in [6, 6.07) is 23.6. The van der Waals surface area contributed by atoms with E-state index in [1.807, 2.05) is 68.4 Å². The average Bonchev–Trinajstić information content (AvgIpc) is 3.00. The van der Waals surface area contributed by atoms with Crippen LogP contribution in [0.2, 0.25) is 0 Å². The second-order valence-corrected chi connectivity index (χ2v) is 13.2. The van der Waals surface area contributed by atoms with Crippen molar-refractivity contribution in [3.05, 3.63) is 95.6 Å². The summed E-state index contributed by atoms with van der Waals surface area (Å²) in [5.41, 5.74) is 3.32. The van der Waals surface area contributed by atoms with Crippen molar-refractivity contribution in [1.82, 2.24) is 10.2 Å². The van der Waals surface area contributed by atoms with Crippen LogP contribution >= 0.6 is 0 Å². The van der Waals surface area contributed by atoms with Gasteiger partial charge in [0.1, 0.15) is 24.9 Å². The first-order chi connectivity index (χ1) is 20.6. The van der Waals surface area contributed by atoms with E-state index in [1.165, 1.54) is 11.3 Å². The average molecular weight is 606 g/mol. The van der Waals surface area contributed by atoms with Crippen molar-refractivity contribution in [3.63, 3.8) is 0 Å². The maximum absolute atomic E-state index is 14.0. The lowest BCUT2D eigenvalue weighted by molar-refractivity contribution is -0.140. The number of nitrogens with one attached hydrogen (secondary N) is 1. The second kappa shape index (κ2) is 15.0. The van der Waals surface area contributed by atoms with E-state index in [0.717, 1.165) is 52.9 Å². The Morgan fingerprint density at radius 2 is 1.56 bits per heavy atom. The van der Waals surface area contributed by atoms with Crippen LogP contribution in [0.5, 0.6) is 5.75 Å². The van der Waals surface area contributed by atoms with Gasteiger partial charge < -0.3 is 15.0 Å². The standard InChI is InChI=1S/C34H43N3O5S/c1-4-32(34(39)35-29-13-9-6-10-14-29)36(23-27-17-15-26(2)16-18-27)33(38)24-37(43(3,40)41)30-19-21-31(22-20-30)42-25-28-11-7-5-8-12-28/h5,7-8,11-12,15-22,29,32H,4,6,9-10,13-14,23-25H2,1-3H3,(H,35,39). The molecule has 2 amide bonds. The van der Waals surface area contributed by atoms with E-state index in [1.54, 1.807) is 24.3 Å². The maximum Gasteiger partial charge on any atom is 0.244 e. The van der Waals surface area contributed by atoms with E-state index >= 15 is 0 Å². The number of ether oxygens (including phenoxy) is 1. The van der Waals surface area contributed by atoms with E-state index in [0.29, 0.717) is 24.5 Å². The minimum Gasteiger partial charge on any atom is -0.489 e. The van der Waals surface area contributed by atoms with Gasteiger partial charge in [-0.1, -0.05) is 86.3 Å². The number of aryl methyl sites for hydroxylation is 1. The fourth-order valence-electron chi connectivity index (χ4n) is 5.42. The van der Waals surface area contributed by atoms with Gasteiger partial charge in [-0.2, -0.15) is 0 Å². The molecule has 8 nitrogen and oxygen atoms in total. The summed E-state index contributed by atoms with van der Waals surface area (Å²) in [5.74, 6) is -0.0551. The van der Waals surface area contributed by atoms with E-state index in [-0.39, 0.29) is 18.5 Å². The molecule has 0 heterocycles. The molecule has 0 aromatic heterocycles. The summed E-state index contributed by atoms with van der Waals surface area (Å²) >= 11 is 0. The fourth-order valence-corrected chi connectivity index (χ4v) is 6.27. The SMILES string of the molecule is CCC(C(=O)NC1CCCCC1)N(Cc1ccc(C)cc1)C(=O)CN(c1ccc(OCc2ccccc2)cc1)S(C)(=O)=O. The zero-order valence-electron chi connectivity index (χ0n) is 25.4. The number of sulfonamides is 1. The molecule has 1 saturated carbocycles. The van der Waals surface area contributed by atoms with Crippen LogP contribution in [0.1, 0.15) is 62.1 Å². The first-order valence-corrected chi connectivity index (χ1v) is 16.9. The van der Waals surface area contributed by atoms with Crippen molar-refractivity contribution < 1.29 is 22.7 Å². The van der Waals surface area contributed by atoms with Crippen LogP contribution in [0.4, 0.5) is 5.69 Å². The normalized spacial score (nSPS) is 14.5. The molecule has 0 bridgehead atoms.